The zero-order valence-electron chi connectivity index (χ0n) is 28.2. The fraction of sp³-hybridized carbons (Fsp3) is 0.176. The predicted molar refractivity (Wildman–Crippen MR) is 161 cm³/mol. The van der Waals surface area contributed by atoms with Crippen molar-refractivity contribution in [2.75, 3.05) is 0 Å². The van der Waals surface area contributed by atoms with Crippen molar-refractivity contribution in [1.29, 1.82) is 0 Å². The standard InChI is InChI=1S/C21H20NOSi.C13H12N.Ir/c1-14-9-10-15(11-21(14)24(2,3)4)18-12-17-16-7-5-6-8-19(16)23-20(17)13-22-18;1-10-3-6-12(7-4-10)13-8-5-11(2)9-14-13;/h5-9,11-13H,1-4H3;3-6,8-9H,1-2H3;/q2*-1;/i;1D3,2D3;. The van der Waals surface area contributed by atoms with Crippen LogP contribution in [0.1, 0.15) is 24.9 Å². The maximum absolute atomic E-state index is 7.28. The Hall–Kier alpha value is -3.37. The van der Waals surface area contributed by atoms with Crippen molar-refractivity contribution in [2.45, 2.75) is 40.3 Å². The topological polar surface area (TPSA) is 38.9 Å². The van der Waals surface area contributed by atoms with Gasteiger partial charge in [-0.1, -0.05) is 69.8 Å². The molecular weight excluding hydrogens is 673 g/mol. The van der Waals surface area contributed by atoms with Crippen molar-refractivity contribution in [1.82, 2.24) is 9.97 Å². The Morgan fingerprint density at radius 2 is 1.49 bits per heavy atom. The number of fused-ring (bicyclic) bond motifs is 3. The van der Waals surface area contributed by atoms with E-state index in [0.29, 0.717) is 11.3 Å². The number of hydrogen-bond donors (Lipinski definition) is 0. The first-order chi connectivity index (χ1) is 20.6. The molecule has 6 aromatic rings. The molecular formula is C34H32IrN2OSi-2. The Kier molecular flexibility index (Phi) is 6.48. The average Bonchev–Trinajstić information content (AvgIpc) is 3.34. The van der Waals surface area contributed by atoms with Crippen LogP contribution in [0.4, 0.5) is 0 Å². The summed E-state index contributed by atoms with van der Waals surface area (Å²) in [6, 6.07) is 28.5. The molecule has 0 aliphatic rings. The Bertz CT molecular complexity index is 1870. The van der Waals surface area contributed by atoms with Crippen LogP contribution in [0.25, 0.3) is 44.5 Å². The van der Waals surface area contributed by atoms with E-state index < -0.39 is 21.8 Å². The van der Waals surface area contributed by atoms with Gasteiger partial charge in [0.15, 0.2) is 5.58 Å². The molecule has 3 heterocycles. The number of para-hydroxylation sites is 1. The number of rotatable bonds is 3. The fourth-order valence-electron chi connectivity index (χ4n) is 4.44. The van der Waals surface area contributed by atoms with Gasteiger partial charge in [0.05, 0.1) is 14.3 Å². The van der Waals surface area contributed by atoms with E-state index in [1.807, 2.05) is 24.4 Å². The van der Waals surface area contributed by atoms with E-state index in [0.717, 1.165) is 33.2 Å². The first-order valence-corrected chi connectivity index (χ1v) is 15.9. The molecule has 5 heteroatoms. The molecule has 0 fully saturated rings. The van der Waals surface area contributed by atoms with Gasteiger partial charge in [0.2, 0.25) is 0 Å². The van der Waals surface area contributed by atoms with Crippen LogP contribution in [-0.2, 0) is 20.1 Å². The van der Waals surface area contributed by atoms with Crippen molar-refractivity contribution in [2.24, 2.45) is 0 Å². The molecule has 0 spiro atoms. The molecule has 3 aromatic carbocycles. The van der Waals surface area contributed by atoms with E-state index in [1.54, 1.807) is 12.1 Å². The smallest absolute Gasteiger partial charge is 0.151 e. The molecule has 0 amide bonds. The molecule has 3 nitrogen and oxygen atoms in total. The van der Waals surface area contributed by atoms with E-state index >= 15 is 0 Å². The summed E-state index contributed by atoms with van der Waals surface area (Å²) in [6.45, 7) is 4.96. The summed E-state index contributed by atoms with van der Waals surface area (Å²) in [5.74, 6) is 0. The molecule has 0 aliphatic heterocycles. The quantitative estimate of drug-likeness (QED) is 0.137. The summed E-state index contributed by atoms with van der Waals surface area (Å²) in [6.07, 6.45) is 3.13. The van der Waals surface area contributed by atoms with Crippen molar-refractivity contribution < 1.29 is 32.7 Å². The summed E-state index contributed by atoms with van der Waals surface area (Å²) in [5, 5.41) is 3.71. The maximum Gasteiger partial charge on any atom is 0.151 e. The summed E-state index contributed by atoms with van der Waals surface area (Å²) in [7, 11) is -1.39. The number of furan rings is 1. The third-order valence-corrected chi connectivity index (χ3v) is 8.51. The summed E-state index contributed by atoms with van der Waals surface area (Å²) in [4.78, 5) is 8.69. The Morgan fingerprint density at radius 3 is 2.18 bits per heavy atom. The third-order valence-electron chi connectivity index (χ3n) is 6.36. The fourth-order valence-corrected chi connectivity index (χ4v) is 6.27. The van der Waals surface area contributed by atoms with E-state index in [2.05, 4.69) is 72.9 Å². The normalized spacial score (nSPS) is 14.1. The number of aryl methyl sites for hydroxylation is 3. The number of benzene rings is 3. The first kappa shape index (κ1) is 21.4. The second-order valence-corrected chi connectivity index (χ2v) is 15.3. The molecule has 0 saturated carbocycles. The number of hydrogen-bond acceptors (Lipinski definition) is 3. The summed E-state index contributed by atoms with van der Waals surface area (Å²) in [5.41, 5.74) is 6.62. The minimum Gasteiger partial charge on any atom is -0.455 e. The zero-order valence-corrected chi connectivity index (χ0v) is 25.6. The van der Waals surface area contributed by atoms with Gasteiger partial charge >= 0.3 is 0 Å². The van der Waals surface area contributed by atoms with Gasteiger partial charge in [-0.2, -0.15) is 0 Å². The minimum absolute atomic E-state index is 0. The summed E-state index contributed by atoms with van der Waals surface area (Å²) < 4.78 is 49.5. The monoisotopic (exact) mass is 711 g/mol. The first-order valence-electron chi connectivity index (χ1n) is 15.4. The second kappa shape index (κ2) is 11.8. The minimum atomic E-state index is -2.18. The van der Waals surface area contributed by atoms with Crippen LogP contribution >= 0.6 is 0 Å². The van der Waals surface area contributed by atoms with Gasteiger partial charge in [-0.15, -0.1) is 69.9 Å². The molecule has 0 aliphatic carbocycles. The van der Waals surface area contributed by atoms with Gasteiger partial charge in [0, 0.05) is 45.3 Å². The van der Waals surface area contributed by atoms with Crippen LogP contribution in [0.5, 0.6) is 0 Å². The van der Waals surface area contributed by atoms with E-state index in [-0.39, 0.29) is 31.2 Å². The van der Waals surface area contributed by atoms with Crippen LogP contribution in [0.3, 0.4) is 0 Å². The average molecular weight is 711 g/mol. The van der Waals surface area contributed by atoms with Crippen molar-refractivity contribution in [3.05, 3.63) is 114 Å². The SMILES string of the molecule is Cc1c[c-]c(-c2cc3c(cn2)oc2ccccc23)cc1[Si](C)(C)C.[2H]C([2H])([2H])c1c[c-]c(-c2ccc(C([2H])([2H])[2H])cn2)cc1.[Ir]. The van der Waals surface area contributed by atoms with Crippen molar-refractivity contribution in [3.63, 3.8) is 0 Å². The van der Waals surface area contributed by atoms with Crippen LogP contribution in [0.15, 0.2) is 89.6 Å². The van der Waals surface area contributed by atoms with Crippen LogP contribution in [0, 0.1) is 32.8 Å². The molecule has 0 bridgehead atoms. The van der Waals surface area contributed by atoms with E-state index in [4.69, 9.17) is 12.6 Å². The molecule has 199 valence electrons. The van der Waals surface area contributed by atoms with Gasteiger partial charge in [-0.3, -0.25) is 0 Å². The van der Waals surface area contributed by atoms with Crippen LogP contribution in [-0.4, -0.2) is 18.0 Å². The number of aromatic nitrogens is 2. The van der Waals surface area contributed by atoms with E-state index in [9.17, 15) is 0 Å². The molecule has 39 heavy (non-hydrogen) atoms. The molecule has 1 radical (unpaired) electrons. The second-order valence-electron chi connectivity index (χ2n) is 10.3. The van der Waals surface area contributed by atoms with Crippen molar-refractivity contribution >= 4 is 35.2 Å². The van der Waals surface area contributed by atoms with Crippen LogP contribution in [0.2, 0.25) is 19.6 Å². The largest absolute Gasteiger partial charge is 0.455 e. The molecule has 0 saturated heterocycles. The summed E-state index contributed by atoms with van der Waals surface area (Å²) >= 11 is 0. The zero-order chi connectivity index (χ0) is 31.9. The Morgan fingerprint density at radius 1 is 0.744 bits per heavy atom. The van der Waals surface area contributed by atoms with Crippen LogP contribution < -0.4 is 5.19 Å². The van der Waals surface area contributed by atoms with Gasteiger partial charge < -0.3 is 14.4 Å². The van der Waals surface area contributed by atoms with Gasteiger partial charge in [0.1, 0.15) is 5.58 Å². The van der Waals surface area contributed by atoms with Gasteiger partial charge in [-0.05, 0) is 29.9 Å². The van der Waals surface area contributed by atoms with Gasteiger partial charge in [0.25, 0.3) is 0 Å². The third kappa shape index (κ3) is 6.44. The Labute approximate surface area is 254 Å². The number of nitrogens with zero attached hydrogens (tertiary/aromatic N) is 2. The Balaban J connectivity index is 0.000000204. The maximum atomic E-state index is 7.28. The molecule has 0 atom stereocenters. The molecule has 6 rings (SSSR count). The van der Waals surface area contributed by atoms with Gasteiger partial charge in [-0.25, -0.2) is 0 Å². The predicted octanol–water partition coefficient (Wildman–Crippen LogP) is 8.46. The van der Waals surface area contributed by atoms with E-state index in [1.165, 1.54) is 35.1 Å². The molecule has 0 N–H and O–H groups in total. The van der Waals surface area contributed by atoms with Crippen molar-refractivity contribution in [3.8, 4) is 22.5 Å². The molecule has 0 unspecified atom stereocenters. The number of pyridine rings is 2. The molecule has 3 aromatic heterocycles.